The van der Waals surface area contributed by atoms with Gasteiger partial charge in [0.15, 0.2) is 0 Å². The Labute approximate surface area is 248 Å². The number of cyclic esters (lactones) is 1. The van der Waals surface area contributed by atoms with Crippen LogP contribution in [0.15, 0.2) is 59.6 Å². The molecule has 222 valence electrons. The lowest BCUT2D eigenvalue weighted by Gasteiger charge is -2.40. The Balaban J connectivity index is 0.00000462. The topological polar surface area (TPSA) is 126 Å². The number of benzene rings is 2. The Morgan fingerprint density at radius 1 is 1.05 bits per heavy atom. The number of ether oxygens (including phenoxy) is 1. The number of hydrogen-bond donors (Lipinski definition) is 2. The maximum Gasteiger partial charge on any atom is 0.410 e. The minimum atomic E-state index is -0.801. The number of nitrogens with zero attached hydrogens (tertiary/aromatic N) is 3. The molecule has 10 heteroatoms. The van der Waals surface area contributed by atoms with E-state index < -0.39 is 18.2 Å². The van der Waals surface area contributed by atoms with Crippen LogP contribution in [0.3, 0.4) is 0 Å². The van der Waals surface area contributed by atoms with Gasteiger partial charge >= 0.3 is 12.1 Å². The maximum atomic E-state index is 13.3. The highest BCUT2D eigenvalue weighted by molar-refractivity contribution is 5.97. The van der Waals surface area contributed by atoms with E-state index in [0.29, 0.717) is 51.3 Å². The van der Waals surface area contributed by atoms with E-state index in [-0.39, 0.29) is 43.1 Å². The van der Waals surface area contributed by atoms with Gasteiger partial charge in [-0.2, -0.15) is 0 Å². The molecule has 2 amide bonds. The molecule has 0 saturated carbocycles. The molecule has 2 aliphatic rings. The number of aliphatic imine (C=N–C) groups is 1. The lowest BCUT2D eigenvalue weighted by Crippen LogP contribution is -2.46. The molecule has 3 N–H and O–H groups in total. The number of nitrogens with two attached hydrogens (primary N) is 1. The number of piperidine rings is 1. The number of aliphatic carboxylic acids is 1. The fourth-order valence-electron chi connectivity index (χ4n) is 5.44. The highest BCUT2D eigenvalue weighted by Crippen LogP contribution is 2.35. The molecule has 4 rings (SSSR count). The normalized spacial score (nSPS) is 19.8. The van der Waals surface area contributed by atoms with Crippen molar-refractivity contribution in [1.82, 2.24) is 9.80 Å². The third-order valence-electron chi connectivity index (χ3n) is 7.78. The number of rotatable bonds is 11. The highest BCUT2D eigenvalue weighted by atomic mass is 35.5. The predicted octanol–water partition coefficient (Wildman–Crippen LogP) is 5.17. The largest absolute Gasteiger partial charge is 0.481 e. The van der Waals surface area contributed by atoms with Crippen molar-refractivity contribution in [3.8, 4) is 0 Å². The van der Waals surface area contributed by atoms with Crippen LogP contribution in [0.2, 0.25) is 0 Å². The zero-order valence-electron chi connectivity index (χ0n) is 23.6. The van der Waals surface area contributed by atoms with E-state index >= 15 is 0 Å². The Kier molecular flexibility index (Phi) is 12.0. The zero-order chi connectivity index (χ0) is 28.5. The Morgan fingerprint density at radius 2 is 1.73 bits per heavy atom. The summed E-state index contributed by atoms with van der Waals surface area (Å²) in [5.74, 6) is -0.267. The number of carboxylic acid groups (broad SMARTS) is 1. The molecule has 9 nitrogen and oxygen atoms in total. The molecule has 41 heavy (non-hydrogen) atoms. The number of carboxylic acids is 1. The second-order valence-electron chi connectivity index (χ2n) is 10.7. The van der Waals surface area contributed by atoms with E-state index in [2.05, 4.69) is 11.9 Å². The number of carbonyl (C=O) groups excluding carboxylic acids is 2. The van der Waals surface area contributed by atoms with Crippen molar-refractivity contribution in [3.05, 3.63) is 71.3 Å². The molecule has 0 spiro atoms. The minimum absolute atomic E-state index is 0. The quantitative estimate of drug-likeness (QED) is 0.213. The van der Waals surface area contributed by atoms with Crippen molar-refractivity contribution in [2.75, 3.05) is 19.6 Å². The highest BCUT2D eigenvalue weighted by Gasteiger charge is 2.38. The van der Waals surface area contributed by atoms with Crippen LogP contribution in [0.1, 0.15) is 74.6 Å². The van der Waals surface area contributed by atoms with Crippen LogP contribution >= 0.6 is 12.4 Å². The van der Waals surface area contributed by atoms with Crippen molar-refractivity contribution >= 4 is 36.2 Å². The standard InChI is InChI=1S/C31H40N4O5.ClH/c1-2-3-15-33-30(32)25-11-9-24(10-12-25)27-19-26(40-31(39)35(27)21-23-7-5-4-6-8-23)20-28(36)34-16-13-22(14-17-34)18-29(37)38;/h4-12,22,26-27H,2-3,13-21H2,1H3,(H2,32,33)(H,37,38);1H/t26-,27+;/m1./s1. The van der Waals surface area contributed by atoms with Gasteiger partial charge in [0.25, 0.3) is 0 Å². The number of unbranched alkanes of at least 4 members (excludes halogenated alkanes) is 1. The van der Waals surface area contributed by atoms with Gasteiger partial charge in [0.05, 0.1) is 12.5 Å². The average Bonchev–Trinajstić information content (AvgIpc) is 2.95. The first-order valence-electron chi connectivity index (χ1n) is 14.2. The lowest BCUT2D eigenvalue weighted by atomic mass is 9.92. The molecule has 2 aromatic rings. The van der Waals surface area contributed by atoms with Crippen LogP contribution in [-0.2, 0) is 20.9 Å². The predicted molar refractivity (Wildman–Crippen MR) is 160 cm³/mol. The SMILES string of the molecule is CCCCN=C(N)c1ccc([C@@H]2C[C@H](CC(=O)N3CCC(CC(=O)O)CC3)OC(=O)N2Cc2ccccc2)cc1.Cl. The lowest BCUT2D eigenvalue weighted by molar-refractivity contribution is -0.139. The second kappa shape index (κ2) is 15.4. The second-order valence-corrected chi connectivity index (χ2v) is 10.7. The summed E-state index contributed by atoms with van der Waals surface area (Å²) in [7, 11) is 0. The first-order chi connectivity index (χ1) is 19.3. The van der Waals surface area contributed by atoms with E-state index in [0.717, 1.165) is 29.5 Å². The first-order valence-corrected chi connectivity index (χ1v) is 14.2. The number of carbonyl (C=O) groups is 3. The first kappa shape index (κ1) is 31.9. The van der Waals surface area contributed by atoms with Crippen molar-refractivity contribution < 1.29 is 24.2 Å². The van der Waals surface area contributed by atoms with Gasteiger partial charge in [0.1, 0.15) is 11.9 Å². The summed E-state index contributed by atoms with van der Waals surface area (Å²) in [6.07, 6.45) is 3.13. The molecule has 2 aliphatic heterocycles. The summed E-state index contributed by atoms with van der Waals surface area (Å²) < 4.78 is 5.80. The van der Waals surface area contributed by atoms with E-state index in [4.69, 9.17) is 15.6 Å². The van der Waals surface area contributed by atoms with E-state index in [1.807, 2.05) is 54.6 Å². The van der Waals surface area contributed by atoms with Gasteiger partial charge in [-0.25, -0.2) is 4.79 Å². The van der Waals surface area contributed by atoms with Gasteiger partial charge in [-0.15, -0.1) is 12.4 Å². The molecule has 2 aromatic carbocycles. The van der Waals surface area contributed by atoms with Gasteiger partial charge in [-0.3, -0.25) is 19.5 Å². The molecule has 0 bridgehead atoms. The molecular formula is C31H41ClN4O5. The fraction of sp³-hybridized carbons (Fsp3) is 0.484. The van der Waals surface area contributed by atoms with Crippen LogP contribution in [0.4, 0.5) is 4.79 Å². The third-order valence-corrected chi connectivity index (χ3v) is 7.78. The van der Waals surface area contributed by atoms with Crippen LogP contribution in [0.25, 0.3) is 0 Å². The summed E-state index contributed by atoms with van der Waals surface area (Å²) in [5.41, 5.74) is 8.97. The molecule has 2 fully saturated rings. The molecule has 0 unspecified atom stereocenters. The van der Waals surface area contributed by atoms with Crippen molar-refractivity contribution in [2.24, 2.45) is 16.6 Å². The van der Waals surface area contributed by atoms with Crippen molar-refractivity contribution in [3.63, 3.8) is 0 Å². The van der Waals surface area contributed by atoms with Crippen molar-refractivity contribution in [2.45, 2.75) is 70.6 Å². The van der Waals surface area contributed by atoms with E-state index in [1.165, 1.54) is 0 Å². The molecular weight excluding hydrogens is 544 g/mol. The fourth-order valence-corrected chi connectivity index (χ4v) is 5.44. The molecule has 0 radical (unpaired) electrons. The summed E-state index contributed by atoms with van der Waals surface area (Å²) in [6, 6.07) is 17.3. The summed E-state index contributed by atoms with van der Waals surface area (Å²) in [5, 5.41) is 9.06. The number of hydrogen-bond acceptors (Lipinski definition) is 5. The summed E-state index contributed by atoms with van der Waals surface area (Å²) in [4.78, 5) is 45.4. The zero-order valence-corrected chi connectivity index (χ0v) is 24.4. The van der Waals surface area contributed by atoms with Gasteiger partial charge in [-0.05, 0) is 36.3 Å². The Bertz CT molecular complexity index is 1180. The summed E-state index contributed by atoms with van der Waals surface area (Å²) in [6.45, 7) is 4.26. The molecule has 2 heterocycles. The van der Waals surface area contributed by atoms with Crippen molar-refractivity contribution in [1.29, 1.82) is 0 Å². The molecule has 0 aliphatic carbocycles. The summed E-state index contributed by atoms with van der Waals surface area (Å²) >= 11 is 0. The number of halogens is 1. The van der Waals surface area contributed by atoms with Crippen LogP contribution < -0.4 is 5.73 Å². The number of amidine groups is 1. The van der Waals surface area contributed by atoms with Crippen LogP contribution in [0, 0.1) is 5.92 Å². The number of amides is 2. The average molecular weight is 585 g/mol. The Hall–Kier alpha value is -3.59. The molecule has 2 atom stereocenters. The third kappa shape index (κ3) is 8.95. The number of likely N-dealkylation sites (tertiary alicyclic amines) is 1. The van der Waals surface area contributed by atoms with Gasteiger partial charge < -0.3 is 20.5 Å². The van der Waals surface area contributed by atoms with Crippen LogP contribution in [0.5, 0.6) is 0 Å². The van der Waals surface area contributed by atoms with Gasteiger partial charge in [0.2, 0.25) is 5.91 Å². The molecule has 0 aromatic heterocycles. The molecule has 2 saturated heterocycles. The van der Waals surface area contributed by atoms with Gasteiger partial charge in [0, 0.05) is 44.6 Å². The monoisotopic (exact) mass is 584 g/mol. The Morgan fingerprint density at radius 3 is 2.37 bits per heavy atom. The van der Waals surface area contributed by atoms with E-state index in [9.17, 15) is 14.4 Å². The maximum absolute atomic E-state index is 13.3. The van der Waals surface area contributed by atoms with Crippen LogP contribution in [-0.4, -0.2) is 64.4 Å². The minimum Gasteiger partial charge on any atom is -0.481 e. The smallest absolute Gasteiger partial charge is 0.410 e. The van der Waals surface area contributed by atoms with Gasteiger partial charge in [-0.1, -0.05) is 67.9 Å². The van der Waals surface area contributed by atoms with E-state index in [1.54, 1.807) is 9.80 Å².